The number of carbonyl (C=O) groups is 2. The summed E-state index contributed by atoms with van der Waals surface area (Å²) < 4.78 is 5.22. The van der Waals surface area contributed by atoms with E-state index in [4.69, 9.17) is 27.9 Å². The van der Waals surface area contributed by atoms with Crippen molar-refractivity contribution in [3.05, 3.63) is 117 Å². The van der Waals surface area contributed by atoms with Crippen LogP contribution in [-0.2, 0) is 40.3 Å². The van der Waals surface area contributed by atoms with Crippen LogP contribution in [0.5, 0.6) is 0 Å². The predicted octanol–water partition coefficient (Wildman–Crippen LogP) is 8.18. The van der Waals surface area contributed by atoms with Gasteiger partial charge in [-0.25, -0.2) is 0 Å². The number of hydrogen-bond donors (Lipinski definition) is 3. The van der Waals surface area contributed by atoms with Gasteiger partial charge >= 0.3 is 41.5 Å². The van der Waals surface area contributed by atoms with E-state index in [1.54, 1.807) is 13.8 Å². The number of esters is 1. The number of nitrogens with one attached hydrogen (secondary N) is 2. The number of carboxylic acids is 1. The summed E-state index contributed by atoms with van der Waals surface area (Å²) in [7, 11) is 0. The molecule has 12 heteroatoms. The van der Waals surface area contributed by atoms with E-state index < -0.39 is 16.8 Å². The van der Waals surface area contributed by atoms with Crippen LogP contribution in [0.1, 0.15) is 132 Å². The molecule has 2 aromatic carbocycles. The Kier molecular flexibility index (Phi) is 20.1. The summed E-state index contributed by atoms with van der Waals surface area (Å²) >= 11 is 13.1. The number of hydrogen-bond acceptors (Lipinski definition) is 6. The first-order chi connectivity index (χ1) is 26.8. The van der Waals surface area contributed by atoms with E-state index in [0.29, 0.717) is 13.0 Å². The maximum Gasteiger partial charge on any atom is 1.00 e. The number of fused-ring (bicyclic) bond motifs is 2. The fourth-order valence-corrected chi connectivity index (χ4v) is 8.70. The third-order valence-electron chi connectivity index (χ3n) is 11.8. The molecule has 6 rings (SSSR count). The number of unbranched alkanes of at least 4 members (excludes halogenated alkanes) is 2. The van der Waals surface area contributed by atoms with Crippen LogP contribution < -0.4 is 29.6 Å². The maximum atomic E-state index is 12.1. The predicted molar refractivity (Wildman–Crippen MR) is 229 cm³/mol. The van der Waals surface area contributed by atoms with Gasteiger partial charge in [-0.2, -0.15) is 0 Å². The summed E-state index contributed by atoms with van der Waals surface area (Å²) in [6, 6.07) is 21.2. The van der Waals surface area contributed by atoms with Crippen LogP contribution in [0.4, 0.5) is 0 Å². The molecule has 0 spiro atoms. The van der Waals surface area contributed by atoms with Crippen molar-refractivity contribution in [3.63, 3.8) is 0 Å². The average Bonchev–Trinajstić information content (AvgIpc) is 3.85. The van der Waals surface area contributed by atoms with Crippen molar-refractivity contribution >= 4 is 35.1 Å². The van der Waals surface area contributed by atoms with Gasteiger partial charge in [-0.15, -0.1) is 0 Å². The third-order valence-corrected chi connectivity index (χ3v) is 12.5. The standard InChI is InChI=1S/C24H33ClN2O2.C22H29ClN2O2.Na.H2O/c1-4-29-23(28)24(2,3)14-8-7-11-22(19-9-5-6-10-20(19)25)27-16-13-21-18(17-27)12-15-26-21;1-22(2,21(26)27)12-6-5-9-20(17-7-3-4-8-18(17)23)25-14-11-19-16(15-25)10-13-24-19;;/h5-6,9-10,12,15,22,26H,4,7-8,11,13-14,16-17H2,1-3H3;3-4,7-8,10,13,20,24H,5-6,9,11-12,14-15H2,1-2H3,(H,26,27);;1H2/q;;+1;/p-1. The Bertz CT molecular complexity index is 1880. The number of ether oxygens (including phenoxy) is 1. The first-order valence-corrected chi connectivity index (χ1v) is 21.2. The number of halogens is 2. The maximum absolute atomic E-state index is 12.1. The van der Waals surface area contributed by atoms with E-state index in [9.17, 15) is 14.7 Å². The van der Waals surface area contributed by atoms with Crippen LogP contribution in [0.2, 0.25) is 10.0 Å². The molecule has 4 aromatic rings. The van der Waals surface area contributed by atoms with Gasteiger partial charge in [0.05, 0.1) is 17.4 Å². The molecule has 2 atom stereocenters. The zero-order valence-electron chi connectivity index (χ0n) is 35.5. The first kappa shape index (κ1) is 49.8. The van der Waals surface area contributed by atoms with Crippen molar-refractivity contribution in [3.8, 4) is 0 Å². The first-order valence-electron chi connectivity index (χ1n) is 20.5. The Morgan fingerprint density at radius 2 is 1.16 bits per heavy atom. The summed E-state index contributed by atoms with van der Waals surface area (Å²) in [6.07, 6.45) is 13.6. The number of carbonyl (C=O) groups excluding carboxylic acids is 1. The van der Waals surface area contributed by atoms with Gasteiger partial charge in [0.25, 0.3) is 0 Å². The van der Waals surface area contributed by atoms with Gasteiger partial charge in [0.15, 0.2) is 0 Å². The van der Waals surface area contributed by atoms with Gasteiger partial charge in [-0.1, -0.05) is 85.3 Å². The second-order valence-corrected chi connectivity index (χ2v) is 17.6. The van der Waals surface area contributed by atoms with Gasteiger partial charge < -0.3 is 25.3 Å². The average molecular weight is 846 g/mol. The molecule has 0 aliphatic carbocycles. The molecule has 0 saturated carbocycles. The van der Waals surface area contributed by atoms with Crippen molar-refractivity contribution in [2.75, 3.05) is 19.7 Å². The van der Waals surface area contributed by atoms with Gasteiger partial charge in [0.1, 0.15) is 0 Å². The monoisotopic (exact) mass is 844 g/mol. The molecule has 2 aliphatic rings. The quantitative estimate of drug-likeness (QED) is 0.0555. The van der Waals surface area contributed by atoms with Crippen LogP contribution in [0.15, 0.2) is 73.1 Å². The van der Waals surface area contributed by atoms with Crippen LogP contribution >= 0.6 is 23.2 Å². The number of nitrogens with zero attached hydrogens (tertiary/aromatic N) is 2. The normalized spacial score (nSPS) is 15.4. The zero-order chi connectivity index (χ0) is 40.3. The molecule has 0 bridgehead atoms. The summed E-state index contributed by atoms with van der Waals surface area (Å²) in [5.41, 5.74) is 6.74. The van der Waals surface area contributed by atoms with E-state index in [1.165, 1.54) is 33.6 Å². The minimum absolute atomic E-state index is 0. The summed E-state index contributed by atoms with van der Waals surface area (Å²) in [4.78, 5) is 35.2. The molecule has 58 heavy (non-hydrogen) atoms. The van der Waals surface area contributed by atoms with E-state index in [2.05, 4.69) is 50.1 Å². The van der Waals surface area contributed by atoms with Crippen LogP contribution in [0.3, 0.4) is 0 Å². The van der Waals surface area contributed by atoms with Gasteiger partial charge in [-0.05, 0) is 107 Å². The second kappa shape index (κ2) is 23.4. The number of aromatic amines is 2. The number of aliphatic carboxylic acids is 1. The largest absolute Gasteiger partial charge is 1.00 e. The molecule has 2 aromatic heterocycles. The number of rotatable bonds is 17. The molecular formula is C46H63Cl2N4NaO5. The SMILES string of the molecule is CC(C)(CCCCC(c1ccccc1Cl)N1CCc2[nH]ccc2C1)C(=O)O.CCOC(=O)C(C)(C)CCCCC(c1ccccc1Cl)N1CCc2[nH]ccc2C1.[Na+].[OH-]. The third kappa shape index (κ3) is 13.5. The van der Waals surface area contributed by atoms with Gasteiger partial charge in [-0.3, -0.25) is 19.4 Å². The molecule has 0 amide bonds. The van der Waals surface area contributed by atoms with Crippen LogP contribution in [0, 0.1) is 10.8 Å². The van der Waals surface area contributed by atoms with Crippen LogP contribution in [-0.4, -0.2) is 62.0 Å². The molecule has 0 fully saturated rings. The van der Waals surface area contributed by atoms with Crippen molar-refractivity contribution in [2.24, 2.45) is 10.8 Å². The molecular weight excluding hydrogens is 782 g/mol. The molecule has 0 saturated heterocycles. The Morgan fingerprint density at radius 3 is 1.57 bits per heavy atom. The van der Waals surface area contributed by atoms with Crippen molar-refractivity contribution in [1.82, 2.24) is 19.8 Å². The Hall–Kier alpha value is -2.60. The molecule has 4 heterocycles. The molecule has 0 radical (unpaired) electrons. The summed E-state index contributed by atoms with van der Waals surface area (Å²) in [5, 5.41) is 11.0. The molecule has 9 nitrogen and oxygen atoms in total. The van der Waals surface area contributed by atoms with Crippen molar-refractivity contribution in [2.45, 2.75) is 124 Å². The Labute approximate surface area is 378 Å². The number of H-pyrrole nitrogens is 2. The van der Waals surface area contributed by atoms with E-state index >= 15 is 0 Å². The topological polar surface area (TPSA) is 132 Å². The van der Waals surface area contributed by atoms with Crippen molar-refractivity contribution < 1.29 is 54.5 Å². The summed E-state index contributed by atoms with van der Waals surface area (Å²) in [5.74, 6) is -0.820. The van der Waals surface area contributed by atoms with E-state index in [1.807, 2.05) is 63.5 Å². The Morgan fingerprint density at radius 1 is 0.724 bits per heavy atom. The molecule has 4 N–H and O–H groups in total. The fourth-order valence-electron chi connectivity index (χ4n) is 8.18. The van der Waals surface area contributed by atoms with Crippen molar-refractivity contribution in [1.29, 1.82) is 0 Å². The smallest absolute Gasteiger partial charge is 0.870 e. The number of carboxylic acid groups (broad SMARTS) is 1. The minimum Gasteiger partial charge on any atom is -0.870 e. The molecule has 2 unspecified atom stereocenters. The fraction of sp³-hybridized carbons (Fsp3) is 0.522. The number of aromatic nitrogens is 2. The van der Waals surface area contributed by atoms with Gasteiger partial charge in [0, 0.05) is 84.9 Å². The van der Waals surface area contributed by atoms with Gasteiger partial charge in [0.2, 0.25) is 0 Å². The summed E-state index contributed by atoms with van der Waals surface area (Å²) in [6.45, 7) is 13.8. The van der Waals surface area contributed by atoms with E-state index in [0.717, 1.165) is 94.0 Å². The van der Waals surface area contributed by atoms with E-state index in [-0.39, 0.29) is 53.1 Å². The minimum atomic E-state index is -0.721. The zero-order valence-corrected chi connectivity index (χ0v) is 39.0. The molecule has 312 valence electrons. The molecule has 2 aliphatic heterocycles. The number of benzene rings is 2. The second-order valence-electron chi connectivity index (χ2n) is 16.8. The van der Waals surface area contributed by atoms with Crippen LogP contribution in [0.25, 0.3) is 0 Å². The Balaban J connectivity index is 0.000000301.